The molecule has 0 saturated heterocycles. The van der Waals surface area contributed by atoms with Gasteiger partial charge in [-0.15, -0.1) is 0 Å². The summed E-state index contributed by atoms with van der Waals surface area (Å²) in [5, 5.41) is 2.11. The van der Waals surface area contributed by atoms with Crippen molar-refractivity contribution in [1.29, 1.82) is 0 Å². The molecule has 2 aromatic rings. The summed E-state index contributed by atoms with van der Waals surface area (Å²) in [5.74, 6) is 0. The van der Waals surface area contributed by atoms with Crippen molar-refractivity contribution in [3.63, 3.8) is 0 Å². The van der Waals surface area contributed by atoms with Gasteiger partial charge < -0.3 is 15.2 Å². The Labute approximate surface area is 188 Å². The molecule has 0 saturated carbocycles. The van der Waals surface area contributed by atoms with Gasteiger partial charge in [0.2, 0.25) is 0 Å². The van der Waals surface area contributed by atoms with Crippen LogP contribution in [0.15, 0.2) is 73.1 Å². The number of anilines is 2. The van der Waals surface area contributed by atoms with Crippen molar-refractivity contribution in [2.75, 3.05) is 36.0 Å². The summed E-state index contributed by atoms with van der Waals surface area (Å²) in [7, 11) is 0. The van der Waals surface area contributed by atoms with Gasteiger partial charge in [0.05, 0.1) is 6.04 Å². The first-order valence-corrected chi connectivity index (χ1v) is 11.5. The molecule has 0 aliphatic carbocycles. The van der Waals surface area contributed by atoms with Gasteiger partial charge in [0.15, 0.2) is 0 Å². The SMILES string of the molecule is CCN(CC)c1ccc(C=CC2C=CNN2C=Cc2ccc(N(CC)CC)cc2)cc1. The quantitative estimate of drug-likeness (QED) is 0.531. The summed E-state index contributed by atoms with van der Waals surface area (Å²) < 4.78 is 0. The van der Waals surface area contributed by atoms with E-state index in [2.05, 4.69) is 127 Å². The first kappa shape index (κ1) is 22.5. The highest BCUT2D eigenvalue weighted by Crippen LogP contribution is 2.18. The third kappa shape index (κ3) is 5.94. The first-order valence-electron chi connectivity index (χ1n) is 11.5. The van der Waals surface area contributed by atoms with E-state index in [9.17, 15) is 0 Å². The molecule has 1 aliphatic heterocycles. The van der Waals surface area contributed by atoms with Crippen molar-refractivity contribution in [3.05, 3.63) is 84.2 Å². The van der Waals surface area contributed by atoms with E-state index in [1.54, 1.807) is 0 Å². The van der Waals surface area contributed by atoms with Crippen LogP contribution >= 0.6 is 0 Å². The van der Waals surface area contributed by atoms with Crippen LogP contribution in [-0.2, 0) is 0 Å². The summed E-state index contributed by atoms with van der Waals surface area (Å²) in [5.41, 5.74) is 8.26. The molecule has 1 atom stereocenters. The van der Waals surface area contributed by atoms with Crippen LogP contribution in [0.2, 0.25) is 0 Å². The fraction of sp³-hybridized carbons (Fsp3) is 0.333. The Balaban J connectivity index is 1.61. The summed E-state index contributed by atoms with van der Waals surface area (Å²) in [6.45, 7) is 12.9. The number of nitrogens with one attached hydrogen (secondary N) is 1. The molecule has 0 radical (unpaired) electrons. The van der Waals surface area contributed by atoms with Crippen molar-refractivity contribution in [3.8, 4) is 0 Å². The molecule has 1 unspecified atom stereocenters. The number of hydrazine groups is 1. The predicted octanol–water partition coefficient (Wildman–Crippen LogP) is 5.77. The average molecular weight is 417 g/mol. The van der Waals surface area contributed by atoms with E-state index >= 15 is 0 Å². The zero-order chi connectivity index (χ0) is 22.1. The Hall–Kier alpha value is -3.14. The summed E-state index contributed by atoms with van der Waals surface area (Å²) in [6.07, 6.45) is 12.8. The Bertz CT molecular complexity index is 872. The van der Waals surface area contributed by atoms with Gasteiger partial charge in [-0.3, -0.25) is 5.01 Å². The average Bonchev–Trinajstić information content (AvgIpc) is 3.27. The minimum absolute atomic E-state index is 0.189. The molecule has 2 aromatic carbocycles. The molecule has 0 spiro atoms. The lowest BCUT2D eigenvalue weighted by Crippen LogP contribution is -2.30. The van der Waals surface area contributed by atoms with Gasteiger partial charge in [0.25, 0.3) is 0 Å². The number of hydrogen-bond donors (Lipinski definition) is 1. The van der Waals surface area contributed by atoms with Crippen molar-refractivity contribution in [2.24, 2.45) is 0 Å². The molecule has 1 aliphatic rings. The highest BCUT2D eigenvalue weighted by atomic mass is 15.5. The van der Waals surface area contributed by atoms with E-state index in [0.29, 0.717) is 0 Å². The van der Waals surface area contributed by atoms with Crippen LogP contribution < -0.4 is 15.2 Å². The molecule has 4 heteroatoms. The molecular weight excluding hydrogens is 380 g/mol. The van der Waals surface area contributed by atoms with Gasteiger partial charge in [0.1, 0.15) is 0 Å². The molecule has 4 nitrogen and oxygen atoms in total. The Morgan fingerprint density at radius 1 is 0.742 bits per heavy atom. The van der Waals surface area contributed by atoms with E-state index in [4.69, 9.17) is 0 Å². The van der Waals surface area contributed by atoms with Crippen LogP contribution in [-0.4, -0.2) is 37.2 Å². The van der Waals surface area contributed by atoms with Gasteiger partial charge in [-0.05, 0) is 75.2 Å². The second-order valence-electron chi connectivity index (χ2n) is 7.59. The van der Waals surface area contributed by atoms with Crippen molar-refractivity contribution >= 4 is 23.5 Å². The molecule has 0 amide bonds. The molecule has 0 aromatic heterocycles. The zero-order valence-electron chi connectivity index (χ0n) is 19.3. The molecular formula is C27H36N4. The van der Waals surface area contributed by atoms with Crippen LogP contribution in [0.4, 0.5) is 11.4 Å². The van der Waals surface area contributed by atoms with Gasteiger partial charge in [-0.1, -0.05) is 36.4 Å². The summed E-state index contributed by atoms with van der Waals surface area (Å²) in [6, 6.07) is 17.7. The minimum Gasteiger partial charge on any atom is -0.372 e. The van der Waals surface area contributed by atoms with Gasteiger partial charge in [-0.25, -0.2) is 0 Å². The number of nitrogens with zero attached hydrogens (tertiary/aromatic N) is 3. The lowest BCUT2D eigenvalue weighted by Gasteiger charge is -2.21. The van der Waals surface area contributed by atoms with E-state index in [-0.39, 0.29) is 6.04 Å². The number of hydrogen-bond acceptors (Lipinski definition) is 4. The van der Waals surface area contributed by atoms with Crippen LogP contribution in [0.3, 0.4) is 0 Å². The fourth-order valence-electron chi connectivity index (χ4n) is 3.85. The topological polar surface area (TPSA) is 21.8 Å². The molecule has 0 bridgehead atoms. The van der Waals surface area contributed by atoms with Gasteiger partial charge in [0, 0.05) is 50.0 Å². The number of rotatable bonds is 10. The lowest BCUT2D eigenvalue weighted by atomic mass is 10.1. The van der Waals surface area contributed by atoms with Crippen molar-refractivity contribution in [2.45, 2.75) is 33.7 Å². The van der Waals surface area contributed by atoms with Gasteiger partial charge >= 0.3 is 0 Å². The highest BCUT2D eigenvalue weighted by molar-refractivity contribution is 5.58. The Morgan fingerprint density at radius 3 is 1.71 bits per heavy atom. The first-order chi connectivity index (χ1) is 15.2. The molecule has 0 fully saturated rings. The Kier molecular flexibility index (Phi) is 8.22. The van der Waals surface area contributed by atoms with E-state index < -0.39 is 0 Å². The van der Waals surface area contributed by atoms with Crippen LogP contribution in [0.5, 0.6) is 0 Å². The Morgan fingerprint density at radius 2 is 1.23 bits per heavy atom. The van der Waals surface area contributed by atoms with E-state index in [1.165, 1.54) is 22.5 Å². The maximum absolute atomic E-state index is 3.30. The smallest absolute Gasteiger partial charge is 0.0879 e. The summed E-state index contributed by atoms with van der Waals surface area (Å²) >= 11 is 0. The second kappa shape index (κ2) is 11.3. The molecule has 31 heavy (non-hydrogen) atoms. The standard InChI is InChI=1S/C27H36N4/c1-5-29(6-2)25-14-9-23(10-15-25)13-18-27-19-21-28-31(27)22-20-24-11-16-26(17-12-24)30(7-3)8-4/h9-22,27-28H,5-8H2,1-4H3. The van der Waals surface area contributed by atoms with Crippen molar-refractivity contribution < 1.29 is 0 Å². The predicted molar refractivity (Wildman–Crippen MR) is 136 cm³/mol. The largest absolute Gasteiger partial charge is 0.372 e. The lowest BCUT2D eigenvalue weighted by molar-refractivity contribution is 0.330. The third-order valence-corrected chi connectivity index (χ3v) is 5.80. The monoisotopic (exact) mass is 416 g/mol. The second-order valence-corrected chi connectivity index (χ2v) is 7.59. The third-order valence-electron chi connectivity index (χ3n) is 5.80. The molecule has 164 valence electrons. The maximum atomic E-state index is 3.30. The normalized spacial score (nSPS) is 15.7. The highest BCUT2D eigenvalue weighted by Gasteiger charge is 2.12. The maximum Gasteiger partial charge on any atom is 0.0879 e. The van der Waals surface area contributed by atoms with Crippen LogP contribution in [0.1, 0.15) is 38.8 Å². The van der Waals surface area contributed by atoms with Crippen molar-refractivity contribution in [1.82, 2.24) is 10.4 Å². The molecule has 3 rings (SSSR count). The van der Waals surface area contributed by atoms with Gasteiger partial charge in [-0.2, -0.15) is 0 Å². The summed E-state index contributed by atoms with van der Waals surface area (Å²) in [4.78, 5) is 4.72. The van der Waals surface area contributed by atoms with Crippen LogP contribution in [0.25, 0.3) is 12.2 Å². The molecule has 1 heterocycles. The number of benzene rings is 2. The van der Waals surface area contributed by atoms with Crippen LogP contribution in [0, 0.1) is 0 Å². The minimum atomic E-state index is 0.189. The van der Waals surface area contributed by atoms with E-state index in [0.717, 1.165) is 26.2 Å². The van der Waals surface area contributed by atoms with E-state index in [1.807, 2.05) is 6.20 Å². The molecule has 1 N–H and O–H groups in total. The zero-order valence-corrected chi connectivity index (χ0v) is 19.3. The fourth-order valence-corrected chi connectivity index (χ4v) is 3.85.